The van der Waals surface area contributed by atoms with Crippen molar-refractivity contribution in [3.8, 4) is 6.07 Å². The lowest BCUT2D eigenvalue weighted by atomic mass is 10.2. The maximum absolute atomic E-state index is 11.5. The number of anilines is 1. The number of nitrogens with one attached hydrogen (secondary N) is 2. The quantitative estimate of drug-likeness (QED) is 0.885. The van der Waals surface area contributed by atoms with E-state index in [0.29, 0.717) is 15.7 Å². The number of carbonyl (C=O) groups is 1. The fraction of sp³-hybridized carbons (Fsp3) is 0.273. The van der Waals surface area contributed by atoms with Gasteiger partial charge in [-0.25, -0.2) is 4.79 Å². The van der Waals surface area contributed by atoms with E-state index in [1.807, 2.05) is 6.07 Å². The van der Waals surface area contributed by atoms with Crippen LogP contribution in [0.2, 0.25) is 10.0 Å². The number of halogens is 2. The first-order valence-corrected chi connectivity index (χ1v) is 5.68. The maximum atomic E-state index is 11.5. The molecule has 1 unspecified atom stereocenters. The van der Waals surface area contributed by atoms with Gasteiger partial charge in [0.1, 0.15) is 0 Å². The molecule has 0 radical (unpaired) electrons. The van der Waals surface area contributed by atoms with Crippen LogP contribution in [0.4, 0.5) is 10.5 Å². The van der Waals surface area contributed by atoms with Gasteiger partial charge in [-0.2, -0.15) is 5.26 Å². The van der Waals surface area contributed by atoms with E-state index in [9.17, 15) is 4.79 Å². The highest BCUT2D eigenvalue weighted by atomic mass is 35.5. The predicted octanol–water partition coefficient (Wildman–Crippen LogP) is 3.42. The van der Waals surface area contributed by atoms with Crippen LogP contribution in [0.25, 0.3) is 0 Å². The normalized spacial score (nSPS) is 11.4. The molecule has 4 nitrogen and oxygen atoms in total. The minimum atomic E-state index is -0.383. The summed E-state index contributed by atoms with van der Waals surface area (Å²) in [4.78, 5) is 11.5. The van der Waals surface area contributed by atoms with Crippen molar-refractivity contribution in [2.24, 2.45) is 0 Å². The molecule has 0 saturated carbocycles. The van der Waals surface area contributed by atoms with Crippen molar-refractivity contribution in [1.82, 2.24) is 5.32 Å². The van der Waals surface area contributed by atoms with Crippen molar-refractivity contribution in [3.05, 3.63) is 28.2 Å². The number of carbonyl (C=O) groups excluding carboxylic acids is 1. The third kappa shape index (κ3) is 4.51. The largest absolute Gasteiger partial charge is 0.334 e. The zero-order valence-electron chi connectivity index (χ0n) is 9.13. The maximum Gasteiger partial charge on any atom is 0.319 e. The minimum absolute atomic E-state index is 0.206. The number of hydrogen-bond donors (Lipinski definition) is 2. The molecule has 0 aliphatic heterocycles. The van der Waals surface area contributed by atoms with Crippen LogP contribution in [-0.4, -0.2) is 12.1 Å². The summed E-state index contributed by atoms with van der Waals surface area (Å²) >= 11 is 11.6. The molecule has 1 aromatic rings. The van der Waals surface area contributed by atoms with E-state index in [1.165, 1.54) is 0 Å². The molecule has 0 heterocycles. The van der Waals surface area contributed by atoms with E-state index >= 15 is 0 Å². The fourth-order valence-electron chi connectivity index (χ4n) is 1.15. The number of urea groups is 1. The topological polar surface area (TPSA) is 64.9 Å². The molecule has 0 fully saturated rings. The standard InChI is InChI=1S/C11H11Cl2N3O/c1-7(4-5-14)15-11(17)16-8-2-3-9(12)10(13)6-8/h2-3,6-7H,4H2,1H3,(H2,15,16,17). The Balaban J connectivity index is 2.57. The lowest BCUT2D eigenvalue weighted by Crippen LogP contribution is -2.35. The van der Waals surface area contributed by atoms with Gasteiger partial charge in [-0.1, -0.05) is 23.2 Å². The molecule has 1 rings (SSSR count). The molecule has 90 valence electrons. The fourth-order valence-corrected chi connectivity index (χ4v) is 1.45. The van der Waals surface area contributed by atoms with Crippen LogP contribution in [0.15, 0.2) is 18.2 Å². The summed E-state index contributed by atoms with van der Waals surface area (Å²) in [5.74, 6) is 0. The van der Waals surface area contributed by atoms with Crippen LogP contribution in [0.5, 0.6) is 0 Å². The molecule has 0 aliphatic carbocycles. The van der Waals surface area contributed by atoms with Gasteiger partial charge in [0.2, 0.25) is 0 Å². The average Bonchev–Trinajstić information content (AvgIpc) is 2.23. The molecule has 0 saturated heterocycles. The number of hydrogen-bond acceptors (Lipinski definition) is 2. The van der Waals surface area contributed by atoms with E-state index in [0.717, 1.165) is 0 Å². The highest BCUT2D eigenvalue weighted by molar-refractivity contribution is 6.42. The van der Waals surface area contributed by atoms with Gasteiger partial charge in [-0.05, 0) is 25.1 Å². The summed E-state index contributed by atoms with van der Waals surface area (Å²) in [6.07, 6.45) is 0.259. The van der Waals surface area contributed by atoms with Crippen LogP contribution in [0.3, 0.4) is 0 Å². The summed E-state index contributed by atoms with van der Waals surface area (Å²) in [6, 6.07) is 6.17. The van der Waals surface area contributed by atoms with E-state index in [2.05, 4.69) is 10.6 Å². The second-order valence-electron chi connectivity index (χ2n) is 3.49. The Morgan fingerprint density at radius 1 is 1.47 bits per heavy atom. The number of amides is 2. The minimum Gasteiger partial charge on any atom is -0.334 e. The third-order valence-corrected chi connectivity index (χ3v) is 2.69. The smallest absolute Gasteiger partial charge is 0.319 e. The van der Waals surface area contributed by atoms with Gasteiger partial charge >= 0.3 is 6.03 Å². The summed E-state index contributed by atoms with van der Waals surface area (Å²) in [5, 5.41) is 14.5. The van der Waals surface area contributed by atoms with Crippen molar-refractivity contribution >= 4 is 34.9 Å². The Kier molecular flexibility index (Phi) is 5.08. The first-order chi connectivity index (χ1) is 8.02. The van der Waals surface area contributed by atoms with Crippen LogP contribution in [0.1, 0.15) is 13.3 Å². The first-order valence-electron chi connectivity index (χ1n) is 4.92. The average molecular weight is 272 g/mol. The zero-order valence-corrected chi connectivity index (χ0v) is 10.6. The van der Waals surface area contributed by atoms with Gasteiger partial charge in [0.15, 0.2) is 0 Å². The molecule has 1 aromatic carbocycles. The van der Waals surface area contributed by atoms with Crippen molar-refractivity contribution in [1.29, 1.82) is 5.26 Å². The molecule has 0 aromatic heterocycles. The van der Waals surface area contributed by atoms with Crippen molar-refractivity contribution < 1.29 is 4.79 Å². The van der Waals surface area contributed by atoms with Gasteiger partial charge < -0.3 is 10.6 Å². The highest BCUT2D eigenvalue weighted by Gasteiger charge is 2.07. The van der Waals surface area contributed by atoms with Crippen molar-refractivity contribution in [2.75, 3.05) is 5.32 Å². The lowest BCUT2D eigenvalue weighted by molar-refractivity contribution is 0.249. The number of nitriles is 1. The number of nitrogens with zero attached hydrogens (tertiary/aromatic N) is 1. The monoisotopic (exact) mass is 271 g/mol. The summed E-state index contributed by atoms with van der Waals surface area (Å²) < 4.78 is 0. The Morgan fingerprint density at radius 3 is 2.76 bits per heavy atom. The number of rotatable bonds is 3. The van der Waals surface area contributed by atoms with Crippen molar-refractivity contribution in [2.45, 2.75) is 19.4 Å². The van der Waals surface area contributed by atoms with Crippen LogP contribution in [-0.2, 0) is 0 Å². The molecular weight excluding hydrogens is 261 g/mol. The SMILES string of the molecule is CC(CC#N)NC(=O)Nc1ccc(Cl)c(Cl)c1. The highest BCUT2D eigenvalue weighted by Crippen LogP contribution is 2.24. The van der Waals surface area contributed by atoms with E-state index < -0.39 is 0 Å². The second-order valence-corrected chi connectivity index (χ2v) is 4.31. The van der Waals surface area contributed by atoms with E-state index in [1.54, 1.807) is 25.1 Å². The lowest BCUT2D eigenvalue weighted by Gasteiger charge is -2.11. The molecule has 0 spiro atoms. The van der Waals surface area contributed by atoms with Gasteiger partial charge in [-0.3, -0.25) is 0 Å². The molecule has 2 amide bonds. The second kappa shape index (κ2) is 6.33. The van der Waals surface area contributed by atoms with Crippen molar-refractivity contribution in [3.63, 3.8) is 0 Å². The predicted molar refractivity (Wildman–Crippen MR) is 68.3 cm³/mol. The number of benzene rings is 1. The zero-order chi connectivity index (χ0) is 12.8. The molecule has 0 bridgehead atoms. The first kappa shape index (κ1) is 13.6. The molecular formula is C11H11Cl2N3O. The van der Waals surface area contributed by atoms with E-state index in [4.69, 9.17) is 28.5 Å². The Labute approximate surface area is 110 Å². The van der Waals surface area contributed by atoms with Gasteiger partial charge in [0.25, 0.3) is 0 Å². The molecule has 0 aliphatic rings. The molecule has 1 atom stereocenters. The Hall–Kier alpha value is -1.44. The van der Waals surface area contributed by atoms with E-state index in [-0.39, 0.29) is 18.5 Å². The van der Waals surface area contributed by atoms with Crippen LogP contribution in [0, 0.1) is 11.3 Å². The van der Waals surface area contributed by atoms with Gasteiger partial charge in [0, 0.05) is 11.7 Å². The summed E-state index contributed by atoms with van der Waals surface area (Å²) in [6.45, 7) is 1.75. The molecule has 6 heteroatoms. The molecule has 2 N–H and O–H groups in total. The van der Waals surface area contributed by atoms with Gasteiger partial charge in [0.05, 0.1) is 22.5 Å². The summed E-state index contributed by atoms with van der Waals surface area (Å²) in [5.41, 5.74) is 0.543. The third-order valence-electron chi connectivity index (χ3n) is 1.95. The Morgan fingerprint density at radius 2 is 2.18 bits per heavy atom. The Bertz CT molecular complexity index is 457. The van der Waals surface area contributed by atoms with Crippen LogP contribution >= 0.6 is 23.2 Å². The molecule has 17 heavy (non-hydrogen) atoms. The summed E-state index contributed by atoms with van der Waals surface area (Å²) in [7, 11) is 0. The van der Waals surface area contributed by atoms with Crippen LogP contribution < -0.4 is 10.6 Å². The van der Waals surface area contributed by atoms with Gasteiger partial charge in [-0.15, -0.1) is 0 Å².